The zero-order valence-electron chi connectivity index (χ0n) is 13.5. The fourth-order valence-corrected chi connectivity index (χ4v) is 3.56. The number of carbonyl (C=O) groups is 1. The van der Waals surface area contributed by atoms with E-state index in [0.717, 1.165) is 25.7 Å². The Morgan fingerprint density at radius 1 is 1.04 bits per heavy atom. The van der Waals surface area contributed by atoms with Gasteiger partial charge in [0.1, 0.15) is 13.2 Å². The van der Waals surface area contributed by atoms with E-state index in [4.69, 9.17) is 18.9 Å². The highest BCUT2D eigenvalue weighted by Crippen LogP contribution is 2.36. The summed E-state index contributed by atoms with van der Waals surface area (Å²) in [5.41, 5.74) is 0.662. The summed E-state index contributed by atoms with van der Waals surface area (Å²) in [6.45, 7) is 2.23. The molecule has 130 valence electrons. The average molecular weight is 334 g/mol. The second kappa shape index (κ2) is 6.49. The first-order chi connectivity index (χ1) is 11.8. The van der Waals surface area contributed by atoms with Crippen molar-refractivity contribution in [1.29, 1.82) is 0 Å². The fourth-order valence-electron chi connectivity index (χ4n) is 3.56. The Bertz CT molecular complexity index is 615. The molecule has 3 aliphatic rings. The molecule has 7 heteroatoms. The number of rotatable bonds is 2. The molecule has 4 rings (SSSR count). The Kier molecular flexibility index (Phi) is 4.20. The van der Waals surface area contributed by atoms with Gasteiger partial charge < -0.3 is 29.6 Å². The van der Waals surface area contributed by atoms with Crippen LogP contribution in [0.15, 0.2) is 18.2 Å². The molecule has 1 atom stereocenters. The Hall–Kier alpha value is -1.99. The fraction of sp³-hybridized carbons (Fsp3) is 0.588. The lowest BCUT2D eigenvalue weighted by molar-refractivity contribution is -0.192. The van der Waals surface area contributed by atoms with Crippen LogP contribution in [0.4, 0.5) is 10.5 Å². The van der Waals surface area contributed by atoms with Gasteiger partial charge in [-0.25, -0.2) is 4.79 Å². The molecule has 1 aliphatic carbocycles. The van der Waals surface area contributed by atoms with Crippen molar-refractivity contribution in [2.45, 2.75) is 37.5 Å². The third kappa shape index (κ3) is 3.01. The van der Waals surface area contributed by atoms with E-state index in [9.17, 15) is 4.79 Å². The SMILES string of the molecule is O=C(Nc1ccc2c(c1)OCCO2)NC1CCCCC12OCCO2. The van der Waals surface area contributed by atoms with Crippen LogP contribution in [-0.4, -0.2) is 44.3 Å². The van der Waals surface area contributed by atoms with Gasteiger partial charge >= 0.3 is 6.03 Å². The smallest absolute Gasteiger partial charge is 0.319 e. The molecule has 1 saturated heterocycles. The molecule has 1 spiro atoms. The van der Waals surface area contributed by atoms with Crippen LogP contribution in [0, 0.1) is 0 Å². The number of amides is 2. The van der Waals surface area contributed by atoms with E-state index in [1.807, 2.05) is 0 Å². The van der Waals surface area contributed by atoms with Gasteiger partial charge in [-0.15, -0.1) is 0 Å². The molecule has 0 aromatic heterocycles. The van der Waals surface area contributed by atoms with Gasteiger partial charge in [-0.2, -0.15) is 0 Å². The lowest BCUT2D eigenvalue weighted by atomic mass is 9.89. The molecular formula is C17H22N2O5. The predicted octanol–water partition coefficient (Wildman–Crippen LogP) is 2.26. The number of ether oxygens (including phenoxy) is 4. The lowest BCUT2D eigenvalue weighted by Gasteiger charge is -2.39. The summed E-state index contributed by atoms with van der Waals surface area (Å²) in [7, 11) is 0. The minimum absolute atomic E-state index is 0.133. The molecule has 1 saturated carbocycles. The van der Waals surface area contributed by atoms with Crippen molar-refractivity contribution >= 4 is 11.7 Å². The van der Waals surface area contributed by atoms with Gasteiger partial charge in [0, 0.05) is 18.2 Å². The van der Waals surface area contributed by atoms with Gasteiger partial charge in [-0.3, -0.25) is 0 Å². The summed E-state index contributed by atoms with van der Waals surface area (Å²) in [5, 5.41) is 5.86. The quantitative estimate of drug-likeness (QED) is 0.867. The topological polar surface area (TPSA) is 78.1 Å². The third-order valence-electron chi connectivity index (χ3n) is 4.68. The van der Waals surface area contributed by atoms with E-state index in [1.54, 1.807) is 18.2 Å². The van der Waals surface area contributed by atoms with Crippen molar-refractivity contribution in [3.8, 4) is 11.5 Å². The summed E-state index contributed by atoms with van der Waals surface area (Å²) in [6.07, 6.45) is 3.79. The van der Waals surface area contributed by atoms with Crippen molar-refractivity contribution in [2.75, 3.05) is 31.7 Å². The standard InChI is InChI=1S/C17H22N2O5/c20-16(18-12-4-5-13-14(11-12)22-8-7-21-13)19-15-3-1-2-6-17(15)23-9-10-24-17/h4-5,11,15H,1-3,6-10H2,(H2,18,19,20). The van der Waals surface area contributed by atoms with E-state index in [2.05, 4.69) is 10.6 Å². The van der Waals surface area contributed by atoms with Gasteiger partial charge in [0.2, 0.25) is 0 Å². The zero-order valence-corrected chi connectivity index (χ0v) is 13.5. The van der Waals surface area contributed by atoms with Crippen LogP contribution in [0.25, 0.3) is 0 Å². The zero-order chi connectivity index (χ0) is 16.4. The van der Waals surface area contributed by atoms with Crippen LogP contribution >= 0.6 is 0 Å². The minimum Gasteiger partial charge on any atom is -0.486 e. The summed E-state index contributed by atoms with van der Waals surface area (Å²) >= 11 is 0. The molecule has 2 heterocycles. The van der Waals surface area contributed by atoms with E-state index in [0.29, 0.717) is 43.6 Å². The number of hydrogen-bond acceptors (Lipinski definition) is 5. The van der Waals surface area contributed by atoms with Gasteiger partial charge in [-0.05, 0) is 25.0 Å². The van der Waals surface area contributed by atoms with E-state index < -0.39 is 5.79 Å². The summed E-state index contributed by atoms with van der Waals surface area (Å²) < 4.78 is 22.7. The summed E-state index contributed by atoms with van der Waals surface area (Å²) in [6, 6.07) is 4.97. The summed E-state index contributed by atoms with van der Waals surface area (Å²) in [4.78, 5) is 12.4. The second-order valence-electron chi connectivity index (χ2n) is 6.26. The highest BCUT2D eigenvalue weighted by Gasteiger charge is 2.46. The van der Waals surface area contributed by atoms with Crippen molar-refractivity contribution < 1.29 is 23.7 Å². The number of anilines is 1. The van der Waals surface area contributed by atoms with Gasteiger partial charge in [0.05, 0.1) is 19.3 Å². The van der Waals surface area contributed by atoms with Gasteiger partial charge in [0.15, 0.2) is 17.3 Å². The molecule has 0 radical (unpaired) electrons. The van der Waals surface area contributed by atoms with E-state index in [-0.39, 0.29) is 12.1 Å². The maximum Gasteiger partial charge on any atom is 0.319 e. The van der Waals surface area contributed by atoms with Gasteiger partial charge in [-0.1, -0.05) is 6.42 Å². The molecule has 24 heavy (non-hydrogen) atoms. The Morgan fingerprint density at radius 2 is 1.83 bits per heavy atom. The first kappa shape index (κ1) is 15.5. The molecule has 1 aromatic carbocycles. The number of benzene rings is 1. The number of hydrogen-bond donors (Lipinski definition) is 2. The molecule has 0 bridgehead atoms. The van der Waals surface area contributed by atoms with E-state index >= 15 is 0 Å². The number of carbonyl (C=O) groups excluding carboxylic acids is 1. The van der Waals surface area contributed by atoms with E-state index in [1.165, 1.54) is 0 Å². The van der Waals surface area contributed by atoms with Crippen molar-refractivity contribution in [3.05, 3.63) is 18.2 Å². The number of fused-ring (bicyclic) bond motifs is 1. The largest absolute Gasteiger partial charge is 0.486 e. The average Bonchev–Trinajstić information content (AvgIpc) is 3.06. The maximum atomic E-state index is 12.4. The van der Waals surface area contributed by atoms with Crippen LogP contribution in [0.1, 0.15) is 25.7 Å². The first-order valence-electron chi connectivity index (χ1n) is 8.50. The molecule has 7 nitrogen and oxygen atoms in total. The lowest BCUT2D eigenvalue weighted by Crippen LogP contribution is -2.56. The molecule has 2 fully saturated rings. The van der Waals surface area contributed by atoms with Crippen LogP contribution in [-0.2, 0) is 9.47 Å². The molecule has 1 aromatic rings. The van der Waals surface area contributed by atoms with Crippen molar-refractivity contribution in [3.63, 3.8) is 0 Å². The van der Waals surface area contributed by atoms with Crippen molar-refractivity contribution in [2.24, 2.45) is 0 Å². The van der Waals surface area contributed by atoms with Crippen molar-refractivity contribution in [1.82, 2.24) is 5.32 Å². The molecule has 2 amide bonds. The maximum absolute atomic E-state index is 12.4. The van der Waals surface area contributed by atoms with Gasteiger partial charge in [0.25, 0.3) is 0 Å². The van der Waals surface area contributed by atoms with Crippen LogP contribution < -0.4 is 20.1 Å². The van der Waals surface area contributed by atoms with Crippen LogP contribution in [0.2, 0.25) is 0 Å². The number of nitrogens with one attached hydrogen (secondary N) is 2. The Balaban J connectivity index is 1.41. The van der Waals surface area contributed by atoms with Crippen LogP contribution in [0.3, 0.4) is 0 Å². The Morgan fingerprint density at radius 3 is 2.67 bits per heavy atom. The first-order valence-corrected chi connectivity index (χ1v) is 8.50. The normalized spacial score (nSPS) is 24.6. The highest BCUT2D eigenvalue weighted by atomic mass is 16.7. The number of urea groups is 1. The molecule has 1 unspecified atom stereocenters. The minimum atomic E-state index is -0.650. The molecule has 2 N–H and O–H groups in total. The predicted molar refractivity (Wildman–Crippen MR) is 86.5 cm³/mol. The highest BCUT2D eigenvalue weighted by molar-refractivity contribution is 5.90. The third-order valence-corrected chi connectivity index (χ3v) is 4.68. The summed E-state index contributed by atoms with van der Waals surface area (Å²) in [5.74, 6) is 0.699. The Labute approximate surface area is 140 Å². The second-order valence-corrected chi connectivity index (χ2v) is 6.26. The van der Waals surface area contributed by atoms with Crippen LogP contribution in [0.5, 0.6) is 11.5 Å². The monoisotopic (exact) mass is 334 g/mol. The molecule has 2 aliphatic heterocycles. The molecular weight excluding hydrogens is 312 g/mol.